The Morgan fingerprint density at radius 3 is 2.62 bits per heavy atom. The normalized spacial score (nSPS) is 12.1. The summed E-state index contributed by atoms with van der Waals surface area (Å²) in [5.74, 6) is 0.533. The molecule has 4 heteroatoms. The molecule has 1 unspecified atom stereocenters. The monoisotopic (exact) mass is 279 g/mol. The van der Waals surface area contributed by atoms with Gasteiger partial charge in [0.05, 0.1) is 0 Å². The molecule has 0 aliphatic rings. The molecule has 1 atom stereocenters. The molecule has 1 heterocycles. The molecule has 0 fully saturated rings. The first-order chi connectivity index (χ1) is 10.2. The van der Waals surface area contributed by atoms with Crippen LogP contribution in [0.1, 0.15) is 24.1 Å². The molecule has 0 radical (unpaired) electrons. The largest absolute Gasteiger partial charge is 0.423 e. The lowest BCUT2D eigenvalue weighted by Gasteiger charge is -2.18. The van der Waals surface area contributed by atoms with Crippen molar-refractivity contribution in [2.24, 2.45) is 0 Å². The minimum atomic E-state index is 0.225. The van der Waals surface area contributed by atoms with E-state index < -0.39 is 0 Å². The van der Waals surface area contributed by atoms with Gasteiger partial charge in [-0.1, -0.05) is 36.4 Å². The first kappa shape index (κ1) is 13.4. The quantitative estimate of drug-likeness (QED) is 0.777. The van der Waals surface area contributed by atoms with E-state index in [1.807, 2.05) is 18.2 Å². The Kier molecular flexibility index (Phi) is 3.69. The Bertz CT molecular complexity index is 708. The summed E-state index contributed by atoms with van der Waals surface area (Å²) in [6.07, 6.45) is 1.34. The number of aryl methyl sites for hydroxylation is 1. The van der Waals surface area contributed by atoms with Crippen molar-refractivity contribution in [2.75, 3.05) is 5.32 Å². The van der Waals surface area contributed by atoms with Gasteiger partial charge in [-0.2, -0.15) is 0 Å². The third kappa shape index (κ3) is 2.94. The Hall–Kier alpha value is -2.62. The van der Waals surface area contributed by atoms with E-state index in [-0.39, 0.29) is 6.04 Å². The standard InChI is InChI=1S/C17H17N3O/c1-12-8-9-15(17-20-18-11-21-17)10-16(12)19-13(2)14-6-4-3-5-7-14/h3-11,13,19H,1-2H3. The summed E-state index contributed by atoms with van der Waals surface area (Å²) in [6, 6.07) is 16.7. The fourth-order valence-electron chi connectivity index (χ4n) is 2.27. The van der Waals surface area contributed by atoms with Gasteiger partial charge in [0.15, 0.2) is 0 Å². The van der Waals surface area contributed by atoms with Crippen molar-refractivity contribution < 1.29 is 4.42 Å². The van der Waals surface area contributed by atoms with Crippen LogP contribution < -0.4 is 5.32 Å². The molecule has 21 heavy (non-hydrogen) atoms. The smallest absolute Gasteiger partial charge is 0.247 e. The molecular formula is C17H17N3O. The number of anilines is 1. The van der Waals surface area contributed by atoms with Crippen LogP contribution in [0, 0.1) is 6.92 Å². The molecule has 3 rings (SSSR count). The van der Waals surface area contributed by atoms with E-state index in [1.54, 1.807) is 0 Å². The van der Waals surface area contributed by atoms with Gasteiger partial charge in [-0.3, -0.25) is 0 Å². The van der Waals surface area contributed by atoms with Crippen LogP contribution in [0.15, 0.2) is 59.3 Å². The van der Waals surface area contributed by atoms with Gasteiger partial charge in [0.1, 0.15) is 0 Å². The molecule has 0 aliphatic heterocycles. The van der Waals surface area contributed by atoms with Crippen molar-refractivity contribution in [3.05, 3.63) is 66.1 Å². The zero-order chi connectivity index (χ0) is 14.7. The SMILES string of the molecule is Cc1ccc(-c2nnco2)cc1NC(C)c1ccccc1. The predicted molar refractivity (Wildman–Crippen MR) is 83.0 cm³/mol. The van der Waals surface area contributed by atoms with Crippen LogP contribution >= 0.6 is 0 Å². The Balaban J connectivity index is 1.86. The topological polar surface area (TPSA) is 51.0 Å². The lowest BCUT2D eigenvalue weighted by Crippen LogP contribution is -2.07. The first-order valence-corrected chi connectivity index (χ1v) is 6.93. The number of aromatic nitrogens is 2. The van der Waals surface area contributed by atoms with E-state index in [0.717, 1.165) is 11.3 Å². The maximum Gasteiger partial charge on any atom is 0.247 e. The maximum atomic E-state index is 5.25. The number of hydrogen-bond acceptors (Lipinski definition) is 4. The van der Waals surface area contributed by atoms with Gasteiger partial charge in [0.25, 0.3) is 0 Å². The molecular weight excluding hydrogens is 262 g/mol. The molecule has 0 saturated carbocycles. The first-order valence-electron chi connectivity index (χ1n) is 6.93. The van der Waals surface area contributed by atoms with Gasteiger partial charge in [0.2, 0.25) is 12.3 Å². The molecule has 4 nitrogen and oxygen atoms in total. The second-order valence-corrected chi connectivity index (χ2v) is 5.05. The summed E-state index contributed by atoms with van der Waals surface area (Å²) < 4.78 is 5.25. The molecule has 1 N–H and O–H groups in total. The maximum absolute atomic E-state index is 5.25. The highest BCUT2D eigenvalue weighted by Crippen LogP contribution is 2.27. The van der Waals surface area contributed by atoms with E-state index in [9.17, 15) is 0 Å². The van der Waals surface area contributed by atoms with Gasteiger partial charge in [-0.25, -0.2) is 0 Å². The summed E-state index contributed by atoms with van der Waals surface area (Å²) >= 11 is 0. The number of hydrogen-bond donors (Lipinski definition) is 1. The fraction of sp³-hybridized carbons (Fsp3) is 0.176. The van der Waals surface area contributed by atoms with Crippen LogP contribution in [-0.2, 0) is 0 Å². The van der Waals surface area contributed by atoms with E-state index in [1.165, 1.54) is 17.5 Å². The van der Waals surface area contributed by atoms with E-state index >= 15 is 0 Å². The summed E-state index contributed by atoms with van der Waals surface area (Å²) in [4.78, 5) is 0. The van der Waals surface area contributed by atoms with Gasteiger partial charge in [-0.15, -0.1) is 10.2 Å². The Labute approximate surface area is 123 Å². The second kappa shape index (κ2) is 5.79. The molecule has 0 saturated heterocycles. The minimum absolute atomic E-state index is 0.225. The fourth-order valence-corrected chi connectivity index (χ4v) is 2.27. The van der Waals surface area contributed by atoms with Crippen molar-refractivity contribution in [1.29, 1.82) is 0 Å². The summed E-state index contributed by atoms with van der Waals surface area (Å²) in [5, 5.41) is 11.2. The van der Waals surface area contributed by atoms with Crippen LogP contribution in [0.5, 0.6) is 0 Å². The van der Waals surface area contributed by atoms with Gasteiger partial charge >= 0.3 is 0 Å². The molecule has 106 valence electrons. The van der Waals surface area contributed by atoms with E-state index in [4.69, 9.17) is 4.42 Å². The predicted octanol–water partition coefficient (Wildman–Crippen LogP) is 4.22. The molecule has 0 amide bonds. The average molecular weight is 279 g/mol. The zero-order valence-electron chi connectivity index (χ0n) is 12.1. The third-order valence-electron chi connectivity index (χ3n) is 3.52. The Morgan fingerprint density at radius 2 is 1.90 bits per heavy atom. The summed E-state index contributed by atoms with van der Waals surface area (Å²) in [6.45, 7) is 4.23. The molecule has 2 aromatic carbocycles. The molecule has 3 aromatic rings. The van der Waals surface area contributed by atoms with Crippen LogP contribution in [0.3, 0.4) is 0 Å². The van der Waals surface area contributed by atoms with Crippen molar-refractivity contribution in [3.8, 4) is 11.5 Å². The second-order valence-electron chi connectivity index (χ2n) is 5.05. The molecule has 0 bridgehead atoms. The number of benzene rings is 2. The van der Waals surface area contributed by atoms with Gasteiger partial charge in [-0.05, 0) is 37.1 Å². The Morgan fingerprint density at radius 1 is 1.10 bits per heavy atom. The van der Waals surface area contributed by atoms with Crippen molar-refractivity contribution in [1.82, 2.24) is 10.2 Å². The van der Waals surface area contributed by atoms with Gasteiger partial charge < -0.3 is 9.73 Å². The third-order valence-corrected chi connectivity index (χ3v) is 3.52. The number of nitrogens with zero attached hydrogens (tertiary/aromatic N) is 2. The highest BCUT2D eigenvalue weighted by atomic mass is 16.4. The highest BCUT2D eigenvalue weighted by molar-refractivity contribution is 5.64. The zero-order valence-corrected chi connectivity index (χ0v) is 12.1. The van der Waals surface area contributed by atoms with Crippen LogP contribution in [-0.4, -0.2) is 10.2 Å². The van der Waals surface area contributed by atoms with Gasteiger partial charge in [0, 0.05) is 17.3 Å². The van der Waals surface area contributed by atoms with Crippen LogP contribution in [0.25, 0.3) is 11.5 Å². The highest BCUT2D eigenvalue weighted by Gasteiger charge is 2.10. The number of nitrogens with one attached hydrogen (secondary N) is 1. The molecule has 0 spiro atoms. The van der Waals surface area contributed by atoms with Crippen molar-refractivity contribution in [3.63, 3.8) is 0 Å². The molecule has 1 aromatic heterocycles. The lowest BCUT2D eigenvalue weighted by atomic mass is 10.1. The van der Waals surface area contributed by atoms with Crippen molar-refractivity contribution in [2.45, 2.75) is 19.9 Å². The summed E-state index contributed by atoms with van der Waals surface area (Å²) in [5.41, 5.74) is 4.42. The van der Waals surface area contributed by atoms with E-state index in [0.29, 0.717) is 5.89 Å². The van der Waals surface area contributed by atoms with E-state index in [2.05, 4.69) is 59.7 Å². The average Bonchev–Trinajstić information content (AvgIpc) is 3.04. The summed E-state index contributed by atoms with van der Waals surface area (Å²) in [7, 11) is 0. The lowest BCUT2D eigenvalue weighted by molar-refractivity contribution is 0.568. The van der Waals surface area contributed by atoms with Crippen molar-refractivity contribution >= 4 is 5.69 Å². The molecule has 0 aliphatic carbocycles. The van der Waals surface area contributed by atoms with Crippen LogP contribution in [0.2, 0.25) is 0 Å². The number of rotatable bonds is 4. The van der Waals surface area contributed by atoms with Crippen LogP contribution in [0.4, 0.5) is 5.69 Å². The minimum Gasteiger partial charge on any atom is -0.423 e.